The first-order chi connectivity index (χ1) is 5.70. The van der Waals surface area contributed by atoms with Crippen molar-refractivity contribution in [3.63, 3.8) is 0 Å². The van der Waals surface area contributed by atoms with E-state index in [9.17, 15) is 4.79 Å². The standard InChI is InChI=1S/C10H18O2/c1-3-5-6-7-9(4-2)8-10(11)12/h6-7,9H,3-5,8H2,1-2H3,(H,11,12)/b7-6+. The van der Waals surface area contributed by atoms with Crippen LogP contribution in [0.1, 0.15) is 39.5 Å². The van der Waals surface area contributed by atoms with E-state index in [-0.39, 0.29) is 12.3 Å². The Kier molecular flexibility index (Phi) is 6.44. The zero-order valence-electron chi connectivity index (χ0n) is 7.92. The van der Waals surface area contributed by atoms with E-state index in [4.69, 9.17) is 5.11 Å². The van der Waals surface area contributed by atoms with Crippen molar-refractivity contribution in [1.29, 1.82) is 0 Å². The molecule has 0 heterocycles. The van der Waals surface area contributed by atoms with E-state index in [0.717, 1.165) is 19.3 Å². The van der Waals surface area contributed by atoms with Crippen LogP contribution >= 0.6 is 0 Å². The molecular formula is C10H18O2. The molecule has 0 aliphatic heterocycles. The van der Waals surface area contributed by atoms with Crippen molar-refractivity contribution in [3.05, 3.63) is 12.2 Å². The van der Waals surface area contributed by atoms with E-state index in [2.05, 4.69) is 13.0 Å². The smallest absolute Gasteiger partial charge is 0.303 e. The van der Waals surface area contributed by atoms with Crippen LogP contribution in [-0.2, 0) is 4.79 Å². The minimum atomic E-state index is -0.706. The Morgan fingerprint density at radius 3 is 2.58 bits per heavy atom. The highest BCUT2D eigenvalue weighted by molar-refractivity contribution is 5.67. The second-order valence-electron chi connectivity index (χ2n) is 2.98. The highest BCUT2D eigenvalue weighted by Crippen LogP contribution is 2.10. The van der Waals surface area contributed by atoms with Gasteiger partial charge < -0.3 is 5.11 Å². The van der Waals surface area contributed by atoms with Crippen LogP contribution < -0.4 is 0 Å². The van der Waals surface area contributed by atoms with Crippen LogP contribution in [-0.4, -0.2) is 11.1 Å². The maximum Gasteiger partial charge on any atom is 0.303 e. The maximum absolute atomic E-state index is 10.4. The van der Waals surface area contributed by atoms with E-state index in [1.165, 1.54) is 0 Å². The summed E-state index contributed by atoms with van der Waals surface area (Å²) in [7, 11) is 0. The Bertz CT molecular complexity index is 150. The second-order valence-corrected chi connectivity index (χ2v) is 2.98. The Balaban J connectivity index is 3.73. The number of hydrogen-bond donors (Lipinski definition) is 1. The predicted octanol–water partition coefficient (Wildman–Crippen LogP) is 2.84. The van der Waals surface area contributed by atoms with Gasteiger partial charge in [0.05, 0.1) is 6.42 Å². The topological polar surface area (TPSA) is 37.3 Å². The van der Waals surface area contributed by atoms with Gasteiger partial charge in [0.25, 0.3) is 0 Å². The summed E-state index contributed by atoms with van der Waals surface area (Å²) in [5.74, 6) is -0.489. The highest BCUT2D eigenvalue weighted by atomic mass is 16.4. The van der Waals surface area contributed by atoms with Gasteiger partial charge in [-0.15, -0.1) is 0 Å². The number of unbranched alkanes of at least 4 members (excludes halogenated alkanes) is 1. The molecule has 2 nitrogen and oxygen atoms in total. The van der Waals surface area contributed by atoms with E-state index >= 15 is 0 Å². The van der Waals surface area contributed by atoms with E-state index in [1.54, 1.807) is 0 Å². The lowest BCUT2D eigenvalue weighted by Crippen LogP contribution is -2.03. The zero-order valence-corrected chi connectivity index (χ0v) is 7.92. The third-order valence-electron chi connectivity index (χ3n) is 1.82. The predicted molar refractivity (Wildman–Crippen MR) is 50.1 cm³/mol. The number of aliphatic carboxylic acids is 1. The van der Waals surface area contributed by atoms with Gasteiger partial charge in [0.2, 0.25) is 0 Å². The first kappa shape index (κ1) is 11.2. The van der Waals surface area contributed by atoms with Gasteiger partial charge >= 0.3 is 5.97 Å². The summed E-state index contributed by atoms with van der Waals surface area (Å²) in [6.45, 7) is 4.13. The molecule has 0 radical (unpaired) electrons. The summed E-state index contributed by atoms with van der Waals surface area (Å²) in [4.78, 5) is 10.4. The SMILES string of the molecule is CCC/C=C/C(CC)CC(=O)O. The molecule has 0 aromatic rings. The minimum absolute atomic E-state index is 0.217. The fourth-order valence-corrected chi connectivity index (χ4v) is 1.03. The van der Waals surface area contributed by atoms with Crippen molar-refractivity contribution in [2.24, 2.45) is 5.92 Å². The van der Waals surface area contributed by atoms with Gasteiger partial charge in [0, 0.05) is 0 Å². The van der Waals surface area contributed by atoms with E-state index < -0.39 is 5.97 Å². The Morgan fingerprint density at radius 2 is 2.17 bits per heavy atom. The molecule has 70 valence electrons. The van der Waals surface area contributed by atoms with Crippen LogP contribution in [0.3, 0.4) is 0 Å². The molecule has 1 N–H and O–H groups in total. The van der Waals surface area contributed by atoms with Gasteiger partial charge in [-0.2, -0.15) is 0 Å². The molecule has 0 aromatic heterocycles. The average molecular weight is 170 g/mol. The maximum atomic E-state index is 10.4. The lowest BCUT2D eigenvalue weighted by atomic mass is 10.0. The van der Waals surface area contributed by atoms with E-state index in [0.29, 0.717) is 0 Å². The van der Waals surface area contributed by atoms with Crippen LogP contribution in [0.4, 0.5) is 0 Å². The number of carboxylic acid groups (broad SMARTS) is 1. The molecule has 0 rings (SSSR count). The molecule has 0 aliphatic rings. The fourth-order valence-electron chi connectivity index (χ4n) is 1.03. The molecule has 0 aromatic carbocycles. The Hall–Kier alpha value is -0.790. The Labute approximate surface area is 74.3 Å². The van der Waals surface area contributed by atoms with Crippen LogP contribution in [0.25, 0.3) is 0 Å². The number of hydrogen-bond acceptors (Lipinski definition) is 1. The molecule has 0 spiro atoms. The monoisotopic (exact) mass is 170 g/mol. The first-order valence-corrected chi connectivity index (χ1v) is 4.59. The third kappa shape index (κ3) is 5.96. The van der Waals surface area contributed by atoms with Gasteiger partial charge in [0.15, 0.2) is 0 Å². The summed E-state index contributed by atoms with van der Waals surface area (Å²) >= 11 is 0. The van der Waals surface area contributed by atoms with E-state index in [1.807, 2.05) is 13.0 Å². The summed E-state index contributed by atoms with van der Waals surface area (Å²) in [5.41, 5.74) is 0. The van der Waals surface area contributed by atoms with Crippen LogP contribution in [0.2, 0.25) is 0 Å². The van der Waals surface area contributed by atoms with Gasteiger partial charge in [0.1, 0.15) is 0 Å². The average Bonchev–Trinajstić information content (AvgIpc) is 2.02. The van der Waals surface area contributed by atoms with Crippen molar-refractivity contribution >= 4 is 5.97 Å². The van der Waals surface area contributed by atoms with Gasteiger partial charge in [-0.25, -0.2) is 0 Å². The summed E-state index contributed by atoms with van der Waals surface area (Å²) in [5, 5.41) is 8.54. The number of rotatable bonds is 6. The zero-order chi connectivity index (χ0) is 9.40. The number of allylic oxidation sites excluding steroid dienone is 2. The molecule has 0 fully saturated rings. The van der Waals surface area contributed by atoms with Gasteiger partial charge in [-0.3, -0.25) is 4.79 Å². The highest BCUT2D eigenvalue weighted by Gasteiger charge is 2.06. The molecular weight excluding hydrogens is 152 g/mol. The second kappa shape index (κ2) is 6.89. The minimum Gasteiger partial charge on any atom is -0.481 e. The Morgan fingerprint density at radius 1 is 1.50 bits per heavy atom. The van der Waals surface area contributed by atoms with Crippen molar-refractivity contribution < 1.29 is 9.90 Å². The lowest BCUT2D eigenvalue weighted by molar-refractivity contribution is -0.137. The molecule has 0 amide bonds. The van der Waals surface area contributed by atoms with Gasteiger partial charge in [-0.1, -0.05) is 32.4 Å². The molecule has 0 bridgehead atoms. The molecule has 0 saturated heterocycles. The van der Waals surface area contributed by atoms with Crippen molar-refractivity contribution in [3.8, 4) is 0 Å². The van der Waals surface area contributed by atoms with Crippen LogP contribution in [0.5, 0.6) is 0 Å². The van der Waals surface area contributed by atoms with Crippen LogP contribution in [0, 0.1) is 5.92 Å². The van der Waals surface area contributed by atoms with Crippen LogP contribution in [0.15, 0.2) is 12.2 Å². The molecule has 2 heteroatoms. The van der Waals surface area contributed by atoms with Crippen molar-refractivity contribution in [2.75, 3.05) is 0 Å². The fraction of sp³-hybridized carbons (Fsp3) is 0.700. The largest absolute Gasteiger partial charge is 0.481 e. The molecule has 1 atom stereocenters. The lowest BCUT2D eigenvalue weighted by Gasteiger charge is -2.04. The number of carbonyl (C=O) groups is 1. The van der Waals surface area contributed by atoms with Crippen molar-refractivity contribution in [2.45, 2.75) is 39.5 Å². The third-order valence-corrected chi connectivity index (χ3v) is 1.82. The molecule has 0 aliphatic carbocycles. The quantitative estimate of drug-likeness (QED) is 0.622. The molecule has 0 saturated carbocycles. The summed E-state index contributed by atoms with van der Waals surface area (Å²) in [6, 6.07) is 0. The molecule has 1 unspecified atom stereocenters. The molecule has 12 heavy (non-hydrogen) atoms. The first-order valence-electron chi connectivity index (χ1n) is 4.59. The normalized spacial score (nSPS) is 13.5. The van der Waals surface area contributed by atoms with Gasteiger partial charge in [-0.05, 0) is 18.8 Å². The summed E-state index contributed by atoms with van der Waals surface area (Å²) < 4.78 is 0. The number of carboxylic acids is 1. The summed E-state index contributed by atoms with van der Waals surface area (Å²) in [6.07, 6.45) is 7.45. The van der Waals surface area contributed by atoms with Crippen molar-refractivity contribution in [1.82, 2.24) is 0 Å².